The molecule has 0 saturated carbocycles. The normalized spacial score (nSPS) is 16.3. The Morgan fingerprint density at radius 3 is 2.54 bits per heavy atom. The third-order valence-corrected chi connectivity index (χ3v) is 3.80. The van der Waals surface area contributed by atoms with Gasteiger partial charge in [0.15, 0.2) is 0 Å². The van der Waals surface area contributed by atoms with Crippen LogP contribution in [0.5, 0.6) is 17.2 Å². The van der Waals surface area contributed by atoms with Crippen LogP contribution in [-0.2, 0) is 0 Å². The number of aliphatic imine (C=N–C) groups is 1. The fourth-order valence-corrected chi connectivity index (χ4v) is 2.53. The highest BCUT2D eigenvalue weighted by molar-refractivity contribution is 6.32. The molecule has 26 heavy (non-hydrogen) atoms. The van der Waals surface area contributed by atoms with E-state index in [1.54, 1.807) is 24.4 Å². The third kappa shape index (κ3) is 4.70. The zero-order valence-corrected chi connectivity index (χ0v) is 14.3. The molecule has 1 N–H and O–H groups in total. The molecule has 0 aliphatic carbocycles. The minimum absolute atomic E-state index is 0.0427. The van der Waals surface area contributed by atoms with Gasteiger partial charge in [-0.05, 0) is 43.3 Å². The lowest BCUT2D eigenvalue weighted by atomic mass is 10.2. The number of alkyl halides is 3. The average Bonchev–Trinajstić information content (AvgIpc) is 2.94. The summed E-state index contributed by atoms with van der Waals surface area (Å²) in [5.74, 6) is 0.118. The van der Waals surface area contributed by atoms with Gasteiger partial charge in [0.05, 0.1) is 11.1 Å². The van der Waals surface area contributed by atoms with E-state index >= 15 is 0 Å². The van der Waals surface area contributed by atoms with E-state index in [1.165, 1.54) is 18.2 Å². The largest absolute Gasteiger partial charge is 0.573 e. The Labute approximate surface area is 152 Å². The summed E-state index contributed by atoms with van der Waals surface area (Å²) >= 11 is 6.22. The fraction of sp³-hybridized carbons (Fsp3) is 0.167. The maximum Gasteiger partial charge on any atom is 0.573 e. The van der Waals surface area contributed by atoms with E-state index in [9.17, 15) is 13.2 Å². The molecule has 2 aromatic carbocycles. The standard InChI is InChI=1S/C18H14ClF3N2O2/c1-11-16(7-8-23-11)24-12-5-6-17(15(19)9-12)25-13-3-2-4-14(10-13)26-18(20,21)22/h2-11,24H,1H3. The maximum absolute atomic E-state index is 12.3. The Hall–Kier alpha value is -2.67. The van der Waals surface area contributed by atoms with Gasteiger partial charge >= 0.3 is 6.36 Å². The number of allylic oxidation sites excluding steroid dienone is 1. The van der Waals surface area contributed by atoms with Crippen LogP contribution in [0.3, 0.4) is 0 Å². The Bertz CT molecular complexity index is 866. The summed E-state index contributed by atoms with van der Waals surface area (Å²) in [5, 5.41) is 3.52. The van der Waals surface area contributed by atoms with Crippen molar-refractivity contribution in [2.75, 3.05) is 5.32 Å². The van der Waals surface area contributed by atoms with Crippen molar-refractivity contribution in [3.8, 4) is 17.2 Å². The van der Waals surface area contributed by atoms with Crippen LogP contribution in [0.2, 0.25) is 5.02 Å². The van der Waals surface area contributed by atoms with Gasteiger partial charge in [0.1, 0.15) is 17.2 Å². The number of benzene rings is 2. The maximum atomic E-state index is 12.3. The SMILES string of the molecule is CC1N=CC=C1Nc1ccc(Oc2cccc(OC(F)(F)F)c2)c(Cl)c1. The second kappa shape index (κ2) is 7.29. The van der Waals surface area contributed by atoms with Crippen molar-refractivity contribution < 1.29 is 22.6 Å². The lowest BCUT2D eigenvalue weighted by Crippen LogP contribution is -2.17. The van der Waals surface area contributed by atoms with Crippen molar-refractivity contribution in [3.05, 3.63) is 59.3 Å². The van der Waals surface area contributed by atoms with Crippen molar-refractivity contribution >= 4 is 23.5 Å². The quantitative estimate of drug-likeness (QED) is 0.710. The topological polar surface area (TPSA) is 42.9 Å². The van der Waals surface area contributed by atoms with Gasteiger partial charge in [0, 0.05) is 23.7 Å². The summed E-state index contributed by atoms with van der Waals surface area (Å²) in [6.45, 7) is 1.96. The third-order valence-electron chi connectivity index (χ3n) is 3.50. The van der Waals surface area contributed by atoms with Crippen molar-refractivity contribution in [3.63, 3.8) is 0 Å². The molecule has 1 aliphatic rings. The summed E-state index contributed by atoms with van der Waals surface area (Å²) in [5.41, 5.74) is 1.69. The van der Waals surface area contributed by atoms with Crippen molar-refractivity contribution in [1.29, 1.82) is 0 Å². The van der Waals surface area contributed by atoms with Gasteiger partial charge in [0.2, 0.25) is 0 Å². The van der Waals surface area contributed by atoms with Crippen LogP contribution in [0, 0.1) is 0 Å². The molecule has 0 aromatic heterocycles. The van der Waals surface area contributed by atoms with Gasteiger partial charge in [0.25, 0.3) is 0 Å². The number of hydrogen-bond acceptors (Lipinski definition) is 4. The Morgan fingerprint density at radius 2 is 1.88 bits per heavy atom. The summed E-state index contributed by atoms with van der Waals surface area (Å²) in [4.78, 5) is 4.21. The molecule has 0 radical (unpaired) electrons. The van der Waals surface area contributed by atoms with E-state index in [4.69, 9.17) is 16.3 Å². The molecule has 1 unspecified atom stereocenters. The molecule has 0 fully saturated rings. The van der Waals surface area contributed by atoms with E-state index in [0.29, 0.717) is 10.8 Å². The molecule has 1 atom stereocenters. The van der Waals surface area contributed by atoms with Crippen LogP contribution in [0.4, 0.5) is 18.9 Å². The lowest BCUT2D eigenvalue weighted by Gasteiger charge is -2.14. The highest BCUT2D eigenvalue weighted by atomic mass is 35.5. The first-order valence-corrected chi connectivity index (χ1v) is 8.01. The van der Waals surface area contributed by atoms with E-state index in [2.05, 4.69) is 15.0 Å². The Balaban J connectivity index is 1.71. The molecule has 0 spiro atoms. The minimum atomic E-state index is -4.76. The van der Waals surface area contributed by atoms with Crippen LogP contribution < -0.4 is 14.8 Å². The van der Waals surface area contributed by atoms with Crippen LogP contribution in [0.15, 0.2) is 59.2 Å². The van der Waals surface area contributed by atoms with Gasteiger partial charge in [-0.2, -0.15) is 0 Å². The molecule has 136 valence electrons. The fourth-order valence-electron chi connectivity index (χ4n) is 2.31. The van der Waals surface area contributed by atoms with E-state index in [1.807, 2.05) is 13.0 Å². The van der Waals surface area contributed by atoms with E-state index in [-0.39, 0.29) is 17.5 Å². The number of anilines is 1. The molecule has 0 amide bonds. The van der Waals surface area contributed by atoms with Crippen molar-refractivity contribution in [2.24, 2.45) is 4.99 Å². The average molecular weight is 383 g/mol. The van der Waals surface area contributed by atoms with Gasteiger partial charge < -0.3 is 14.8 Å². The molecule has 3 rings (SSSR count). The monoisotopic (exact) mass is 382 g/mol. The van der Waals surface area contributed by atoms with Crippen LogP contribution >= 0.6 is 11.6 Å². The summed E-state index contributed by atoms with van der Waals surface area (Å²) in [6.07, 6.45) is -1.17. The van der Waals surface area contributed by atoms with E-state index < -0.39 is 6.36 Å². The molecular formula is C18H14ClF3N2O2. The molecule has 1 aliphatic heterocycles. The summed E-state index contributed by atoms with van der Waals surface area (Å²) < 4.78 is 46.3. The lowest BCUT2D eigenvalue weighted by molar-refractivity contribution is -0.274. The number of ether oxygens (including phenoxy) is 2. The number of nitrogens with zero attached hydrogens (tertiary/aromatic N) is 1. The second-order valence-electron chi connectivity index (χ2n) is 5.49. The predicted octanol–water partition coefficient (Wildman–Crippen LogP) is 5.80. The highest BCUT2D eigenvalue weighted by Crippen LogP contribution is 2.34. The summed E-state index contributed by atoms with van der Waals surface area (Å²) in [6, 6.07) is 10.3. The molecule has 8 heteroatoms. The van der Waals surface area contributed by atoms with Crippen LogP contribution in [0.1, 0.15) is 6.92 Å². The molecule has 0 bridgehead atoms. The number of halogens is 4. The zero-order valence-electron chi connectivity index (χ0n) is 13.5. The zero-order chi connectivity index (χ0) is 18.7. The molecule has 4 nitrogen and oxygen atoms in total. The number of hydrogen-bond donors (Lipinski definition) is 1. The number of nitrogens with one attached hydrogen (secondary N) is 1. The first kappa shape index (κ1) is 18.1. The summed E-state index contributed by atoms with van der Waals surface area (Å²) in [7, 11) is 0. The number of rotatable bonds is 5. The molecule has 2 aromatic rings. The molecular weight excluding hydrogens is 369 g/mol. The van der Waals surface area contributed by atoms with Crippen LogP contribution in [0.25, 0.3) is 0 Å². The first-order chi connectivity index (χ1) is 12.3. The molecule has 0 saturated heterocycles. The minimum Gasteiger partial charge on any atom is -0.456 e. The van der Waals surface area contributed by atoms with Crippen molar-refractivity contribution in [2.45, 2.75) is 19.3 Å². The Morgan fingerprint density at radius 1 is 1.12 bits per heavy atom. The smallest absolute Gasteiger partial charge is 0.456 e. The van der Waals surface area contributed by atoms with Gasteiger partial charge in [-0.3, -0.25) is 4.99 Å². The van der Waals surface area contributed by atoms with Gasteiger partial charge in [-0.15, -0.1) is 13.2 Å². The van der Waals surface area contributed by atoms with E-state index in [0.717, 1.165) is 17.5 Å². The highest BCUT2D eigenvalue weighted by Gasteiger charge is 2.31. The Kier molecular flexibility index (Phi) is 5.08. The first-order valence-electron chi connectivity index (χ1n) is 7.64. The van der Waals surface area contributed by atoms with Gasteiger partial charge in [-0.25, -0.2) is 0 Å². The second-order valence-corrected chi connectivity index (χ2v) is 5.90. The van der Waals surface area contributed by atoms with Crippen LogP contribution in [-0.4, -0.2) is 18.6 Å². The van der Waals surface area contributed by atoms with Gasteiger partial charge in [-0.1, -0.05) is 17.7 Å². The predicted molar refractivity (Wildman–Crippen MR) is 94.3 cm³/mol. The van der Waals surface area contributed by atoms with Crippen molar-refractivity contribution in [1.82, 2.24) is 0 Å². The molecule has 1 heterocycles.